The summed E-state index contributed by atoms with van der Waals surface area (Å²) in [7, 11) is 0. The molecule has 0 radical (unpaired) electrons. The summed E-state index contributed by atoms with van der Waals surface area (Å²) in [6.07, 6.45) is 3.61. The van der Waals surface area contributed by atoms with E-state index in [9.17, 15) is 18.8 Å². The molecular weight excluding hydrogens is 453 g/mol. The Morgan fingerprint density at radius 2 is 1.88 bits per heavy atom. The first-order chi connectivity index (χ1) is 15.4. The van der Waals surface area contributed by atoms with Crippen LogP contribution in [0.25, 0.3) is 11.3 Å². The van der Waals surface area contributed by atoms with E-state index >= 15 is 0 Å². The van der Waals surface area contributed by atoms with Gasteiger partial charge in [-0.05, 0) is 55.5 Å². The maximum absolute atomic E-state index is 13.1. The lowest BCUT2D eigenvalue weighted by Crippen LogP contribution is -2.22. The number of halogens is 1. The number of thiazole rings is 1. The third-order valence-corrected chi connectivity index (χ3v) is 6.85. The molecule has 166 valence electrons. The number of nitrogens with one attached hydrogen (secondary N) is 2. The molecule has 2 heterocycles. The summed E-state index contributed by atoms with van der Waals surface area (Å²) in [5.74, 6) is -1.76. The van der Waals surface area contributed by atoms with Gasteiger partial charge in [-0.25, -0.2) is 14.2 Å². The van der Waals surface area contributed by atoms with Gasteiger partial charge in [0.1, 0.15) is 10.8 Å². The number of anilines is 2. The molecule has 7 nitrogen and oxygen atoms in total. The molecule has 4 rings (SSSR count). The number of fused-ring (bicyclic) bond motifs is 1. The van der Waals surface area contributed by atoms with Crippen molar-refractivity contribution in [2.24, 2.45) is 0 Å². The van der Waals surface area contributed by atoms with E-state index in [2.05, 4.69) is 15.6 Å². The van der Waals surface area contributed by atoms with E-state index in [4.69, 9.17) is 4.74 Å². The van der Waals surface area contributed by atoms with Gasteiger partial charge in [0.05, 0.1) is 11.3 Å². The molecule has 0 aliphatic heterocycles. The van der Waals surface area contributed by atoms with E-state index in [0.717, 1.165) is 41.7 Å². The number of amides is 2. The van der Waals surface area contributed by atoms with Crippen molar-refractivity contribution in [1.82, 2.24) is 4.98 Å². The van der Waals surface area contributed by atoms with Crippen LogP contribution in [0.4, 0.5) is 14.5 Å². The zero-order valence-electron chi connectivity index (χ0n) is 17.2. The molecule has 0 fully saturated rings. The third kappa shape index (κ3) is 5.03. The van der Waals surface area contributed by atoms with Crippen molar-refractivity contribution in [2.45, 2.75) is 32.6 Å². The van der Waals surface area contributed by atoms with Crippen LogP contribution in [0.15, 0.2) is 29.6 Å². The first kappa shape index (κ1) is 22.1. The maximum atomic E-state index is 13.1. The molecule has 2 N–H and O–H groups in total. The number of rotatable bonds is 6. The molecule has 3 aromatic rings. The third-order valence-electron chi connectivity index (χ3n) is 4.89. The van der Waals surface area contributed by atoms with E-state index in [1.54, 1.807) is 17.5 Å². The van der Waals surface area contributed by atoms with Gasteiger partial charge in [-0.3, -0.25) is 14.9 Å². The number of nitrogens with zero attached hydrogens (tertiary/aromatic N) is 1. The fourth-order valence-electron chi connectivity index (χ4n) is 3.47. The molecule has 0 saturated heterocycles. The molecule has 32 heavy (non-hydrogen) atoms. The second kappa shape index (κ2) is 9.58. The zero-order chi connectivity index (χ0) is 22.7. The standard InChI is InChI=1S/C22H20FN3O4S2/c1-12(27)24-20-19(15-4-2-3-5-17(15)32-20)21(29)30-10-18(28)26-22-25-16(11-31-22)13-6-8-14(23)9-7-13/h6-9,11H,2-5,10H2,1H3,(H,24,27)(H,25,26,28). The topological polar surface area (TPSA) is 97.4 Å². The average molecular weight is 474 g/mol. The second-order valence-electron chi connectivity index (χ2n) is 7.27. The van der Waals surface area contributed by atoms with E-state index in [-0.39, 0.29) is 11.7 Å². The van der Waals surface area contributed by atoms with E-state index < -0.39 is 18.5 Å². The highest BCUT2D eigenvalue weighted by molar-refractivity contribution is 7.17. The Morgan fingerprint density at radius 1 is 1.12 bits per heavy atom. The Balaban J connectivity index is 1.39. The number of carbonyl (C=O) groups excluding carboxylic acids is 3. The lowest BCUT2D eigenvalue weighted by Gasteiger charge is -2.12. The first-order valence-electron chi connectivity index (χ1n) is 10.0. The number of hydrogen-bond acceptors (Lipinski definition) is 7. The summed E-state index contributed by atoms with van der Waals surface area (Å²) in [6.45, 7) is 0.907. The van der Waals surface area contributed by atoms with Gasteiger partial charge in [-0.15, -0.1) is 22.7 Å². The van der Waals surface area contributed by atoms with Crippen LogP contribution in [0.5, 0.6) is 0 Å². The number of aryl methyl sites for hydroxylation is 1. The number of thiophene rings is 1. The Kier molecular flexibility index (Phi) is 6.61. The number of carbonyl (C=O) groups is 3. The minimum absolute atomic E-state index is 0.267. The summed E-state index contributed by atoms with van der Waals surface area (Å²) in [6, 6.07) is 5.88. The number of hydrogen-bond donors (Lipinski definition) is 2. The van der Waals surface area contributed by atoms with Crippen LogP contribution in [-0.4, -0.2) is 29.4 Å². The van der Waals surface area contributed by atoms with Crippen molar-refractivity contribution >= 4 is 50.6 Å². The normalized spacial score (nSPS) is 12.7. The number of esters is 1. The highest BCUT2D eigenvalue weighted by Gasteiger charge is 2.27. The molecule has 0 atom stereocenters. The van der Waals surface area contributed by atoms with Crippen LogP contribution in [-0.2, 0) is 27.2 Å². The molecule has 2 amide bonds. The lowest BCUT2D eigenvalue weighted by molar-refractivity contribution is -0.119. The van der Waals surface area contributed by atoms with Gasteiger partial charge in [-0.2, -0.15) is 0 Å². The van der Waals surface area contributed by atoms with Crippen LogP contribution < -0.4 is 10.6 Å². The van der Waals surface area contributed by atoms with Gasteiger partial charge >= 0.3 is 5.97 Å². The Labute approximate surface area is 191 Å². The van der Waals surface area contributed by atoms with E-state index in [1.807, 2.05) is 0 Å². The highest BCUT2D eigenvalue weighted by Crippen LogP contribution is 2.38. The summed E-state index contributed by atoms with van der Waals surface area (Å²) >= 11 is 2.61. The van der Waals surface area contributed by atoms with Gasteiger partial charge in [0, 0.05) is 22.7 Å². The quantitative estimate of drug-likeness (QED) is 0.508. The van der Waals surface area contributed by atoms with Gasteiger partial charge in [-0.1, -0.05) is 0 Å². The molecule has 0 bridgehead atoms. The first-order valence-corrected chi connectivity index (χ1v) is 11.7. The summed E-state index contributed by atoms with van der Waals surface area (Å²) in [5, 5.41) is 7.87. The number of benzene rings is 1. The Morgan fingerprint density at radius 3 is 2.62 bits per heavy atom. The van der Waals surface area contributed by atoms with Crippen LogP contribution in [0, 0.1) is 5.82 Å². The monoisotopic (exact) mass is 473 g/mol. The van der Waals surface area contributed by atoms with Gasteiger partial charge in [0.15, 0.2) is 11.7 Å². The van der Waals surface area contributed by atoms with Crippen molar-refractivity contribution in [3.63, 3.8) is 0 Å². The van der Waals surface area contributed by atoms with Crippen molar-refractivity contribution in [3.05, 3.63) is 51.5 Å². The zero-order valence-corrected chi connectivity index (χ0v) is 18.8. The van der Waals surface area contributed by atoms with Crippen LogP contribution in [0.1, 0.15) is 40.6 Å². The van der Waals surface area contributed by atoms with Crippen molar-refractivity contribution in [1.29, 1.82) is 0 Å². The molecular formula is C22H20FN3O4S2. The maximum Gasteiger partial charge on any atom is 0.341 e. The van der Waals surface area contributed by atoms with Gasteiger partial charge < -0.3 is 10.1 Å². The average Bonchev–Trinajstić information content (AvgIpc) is 3.36. The smallest absolute Gasteiger partial charge is 0.341 e. The van der Waals surface area contributed by atoms with Crippen molar-refractivity contribution in [3.8, 4) is 11.3 Å². The van der Waals surface area contributed by atoms with E-state index in [0.29, 0.717) is 21.4 Å². The molecule has 2 aromatic heterocycles. The van der Waals surface area contributed by atoms with Crippen LogP contribution in [0.2, 0.25) is 0 Å². The Bertz CT molecular complexity index is 1170. The molecule has 1 aromatic carbocycles. The van der Waals surface area contributed by atoms with Gasteiger partial charge in [0.25, 0.3) is 5.91 Å². The minimum Gasteiger partial charge on any atom is -0.452 e. The van der Waals surface area contributed by atoms with Crippen molar-refractivity contribution in [2.75, 3.05) is 17.2 Å². The van der Waals surface area contributed by atoms with Crippen LogP contribution >= 0.6 is 22.7 Å². The Hall–Kier alpha value is -3.11. The fourth-order valence-corrected chi connectivity index (χ4v) is 5.53. The van der Waals surface area contributed by atoms with Crippen molar-refractivity contribution < 1.29 is 23.5 Å². The summed E-state index contributed by atoms with van der Waals surface area (Å²) in [4.78, 5) is 42.0. The molecule has 0 saturated carbocycles. The summed E-state index contributed by atoms with van der Waals surface area (Å²) in [5.41, 5.74) is 2.58. The summed E-state index contributed by atoms with van der Waals surface area (Å²) < 4.78 is 18.3. The van der Waals surface area contributed by atoms with Crippen LogP contribution in [0.3, 0.4) is 0 Å². The van der Waals surface area contributed by atoms with Gasteiger partial charge in [0.2, 0.25) is 5.91 Å². The highest BCUT2D eigenvalue weighted by atomic mass is 32.1. The van der Waals surface area contributed by atoms with E-state index in [1.165, 1.54) is 41.7 Å². The molecule has 0 spiro atoms. The molecule has 0 unspecified atom stereocenters. The number of aromatic nitrogens is 1. The lowest BCUT2D eigenvalue weighted by atomic mass is 9.95. The number of ether oxygens (including phenoxy) is 1. The minimum atomic E-state index is -0.630. The molecule has 1 aliphatic rings. The fraction of sp³-hybridized carbons (Fsp3) is 0.273. The molecule has 1 aliphatic carbocycles. The second-order valence-corrected chi connectivity index (χ2v) is 9.23. The largest absolute Gasteiger partial charge is 0.452 e. The predicted octanol–water partition coefficient (Wildman–Crippen LogP) is 4.64. The SMILES string of the molecule is CC(=O)Nc1sc2c(c1C(=O)OCC(=O)Nc1nc(-c3ccc(F)cc3)cs1)CCCC2. The molecule has 10 heteroatoms. The predicted molar refractivity (Wildman–Crippen MR) is 122 cm³/mol.